The fraction of sp³-hybridized carbons (Fsp3) is 0.500. The first kappa shape index (κ1) is 12.0. The van der Waals surface area contributed by atoms with E-state index in [0.29, 0.717) is 24.6 Å². The normalized spacial score (nSPS) is 20.4. The highest BCUT2D eigenvalue weighted by Crippen LogP contribution is 2.28. The summed E-state index contributed by atoms with van der Waals surface area (Å²) in [6.45, 7) is 2.16. The Morgan fingerprint density at radius 3 is 3.12 bits per heavy atom. The number of methoxy groups -OCH3 is 1. The van der Waals surface area contributed by atoms with E-state index in [0.717, 1.165) is 12.2 Å². The molecule has 0 saturated carbocycles. The molecule has 1 aromatic rings. The Kier molecular flexibility index (Phi) is 3.71. The summed E-state index contributed by atoms with van der Waals surface area (Å²) in [4.78, 5) is 2.16. The summed E-state index contributed by atoms with van der Waals surface area (Å²) in [7, 11) is 1.60. The molecule has 2 rings (SSSR count). The van der Waals surface area contributed by atoms with E-state index in [4.69, 9.17) is 20.3 Å². The second kappa shape index (κ2) is 5.25. The summed E-state index contributed by atoms with van der Waals surface area (Å²) < 4.78 is 10.6. The minimum Gasteiger partial charge on any atom is -0.495 e. The first-order valence-corrected chi connectivity index (χ1v) is 5.65. The Bertz CT molecular complexity index is 384. The van der Waals surface area contributed by atoms with E-state index in [-0.39, 0.29) is 12.7 Å². The maximum absolute atomic E-state index is 9.10. The van der Waals surface area contributed by atoms with Crippen LogP contribution >= 0.6 is 0 Å². The number of anilines is 2. The van der Waals surface area contributed by atoms with Gasteiger partial charge < -0.3 is 25.2 Å². The Morgan fingerprint density at radius 1 is 1.59 bits per heavy atom. The van der Waals surface area contributed by atoms with Crippen LogP contribution in [-0.4, -0.2) is 44.6 Å². The zero-order chi connectivity index (χ0) is 12.3. The number of hydrogen-bond donors (Lipinski definition) is 2. The summed E-state index contributed by atoms with van der Waals surface area (Å²) in [5.74, 6) is 0.676. The summed E-state index contributed by atoms with van der Waals surface area (Å²) in [5.41, 5.74) is 7.44. The van der Waals surface area contributed by atoms with Crippen molar-refractivity contribution in [1.82, 2.24) is 0 Å². The minimum atomic E-state index is -0.118. The minimum absolute atomic E-state index is 0.0443. The average molecular weight is 238 g/mol. The van der Waals surface area contributed by atoms with Gasteiger partial charge in [0.05, 0.1) is 32.1 Å². The fourth-order valence-electron chi connectivity index (χ4n) is 1.96. The van der Waals surface area contributed by atoms with Crippen LogP contribution in [-0.2, 0) is 4.74 Å². The molecule has 1 saturated heterocycles. The van der Waals surface area contributed by atoms with Crippen molar-refractivity contribution in [1.29, 1.82) is 0 Å². The van der Waals surface area contributed by atoms with E-state index in [1.165, 1.54) is 0 Å². The number of ether oxygens (including phenoxy) is 2. The SMILES string of the molecule is COc1cc(N2CCOC(CO)C2)ccc1N. The van der Waals surface area contributed by atoms with Crippen LogP contribution in [0.4, 0.5) is 11.4 Å². The van der Waals surface area contributed by atoms with Crippen molar-refractivity contribution in [3.8, 4) is 5.75 Å². The van der Waals surface area contributed by atoms with Gasteiger partial charge >= 0.3 is 0 Å². The van der Waals surface area contributed by atoms with Gasteiger partial charge in [0, 0.05) is 24.8 Å². The highest BCUT2D eigenvalue weighted by atomic mass is 16.5. The number of nitrogens with two attached hydrogens (primary N) is 1. The van der Waals surface area contributed by atoms with Crippen LogP contribution in [0.15, 0.2) is 18.2 Å². The van der Waals surface area contributed by atoms with Crippen LogP contribution in [0, 0.1) is 0 Å². The highest BCUT2D eigenvalue weighted by molar-refractivity contribution is 5.62. The number of aliphatic hydroxyl groups is 1. The van der Waals surface area contributed by atoms with Crippen molar-refractivity contribution in [2.45, 2.75) is 6.10 Å². The molecule has 0 spiro atoms. The second-order valence-electron chi connectivity index (χ2n) is 4.05. The van der Waals surface area contributed by atoms with Crippen molar-refractivity contribution in [3.05, 3.63) is 18.2 Å². The highest BCUT2D eigenvalue weighted by Gasteiger charge is 2.20. The molecule has 0 aromatic heterocycles. The molecule has 1 fully saturated rings. The molecule has 1 aliphatic rings. The number of hydrogen-bond acceptors (Lipinski definition) is 5. The lowest BCUT2D eigenvalue weighted by atomic mass is 10.2. The van der Waals surface area contributed by atoms with E-state index in [1.54, 1.807) is 7.11 Å². The number of nitrogen functional groups attached to an aromatic ring is 1. The van der Waals surface area contributed by atoms with Gasteiger partial charge in [-0.05, 0) is 12.1 Å². The maximum Gasteiger partial charge on any atom is 0.143 e. The van der Waals surface area contributed by atoms with Crippen LogP contribution in [0.3, 0.4) is 0 Å². The number of nitrogens with zero attached hydrogens (tertiary/aromatic N) is 1. The van der Waals surface area contributed by atoms with Crippen molar-refractivity contribution >= 4 is 11.4 Å². The average Bonchev–Trinajstić information content (AvgIpc) is 2.39. The third kappa shape index (κ3) is 2.62. The standard InChI is InChI=1S/C12H18N2O3/c1-16-12-6-9(2-3-11(12)13)14-4-5-17-10(7-14)8-15/h2-3,6,10,15H,4-5,7-8,13H2,1H3. The molecule has 0 radical (unpaired) electrons. The first-order valence-electron chi connectivity index (χ1n) is 5.65. The lowest BCUT2D eigenvalue weighted by Crippen LogP contribution is -2.44. The van der Waals surface area contributed by atoms with Crippen LogP contribution in [0.25, 0.3) is 0 Å². The van der Waals surface area contributed by atoms with E-state index in [1.807, 2.05) is 18.2 Å². The Balaban J connectivity index is 2.16. The Morgan fingerprint density at radius 2 is 2.41 bits per heavy atom. The molecule has 1 atom stereocenters. The molecule has 5 heteroatoms. The quantitative estimate of drug-likeness (QED) is 0.749. The van der Waals surface area contributed by atoms with Crippen molar-refractivity contribution in [2.24, 2.45) is 0 Å². The molecule has 0 bridgehead atoms. The zero-order valence-corrected chi connectivity index (χ0v) is 9.93. The molecule has 1 heterocycles. The summed E-state index contributed by atoms with van der Waals surface area (Å²) in [5, 5.41) is 9.10. The molecular formula is C12H18N2O3. The van der Waals surface area contributed by atoms with E-state index in [9.17, 15) is 0 Å². The summed E-state index contributed by atoms with van der Waals surface area (Å²) in [6.07, 6.45) is -0.118. The van der Waals surface area contributed by atoms with Gasteiger partial charge in [0.15, 0.2) is 0 Å². The van der Waals surface area contributed by atoms with Crippen LogP contribution < -0.4 is 15.4 Å². The number of rotatable bonds is 3. The monoisotopic (exact) mass is 238 g/mol. The maximum atomic E-state index is 9.10. The van der Waals surface area contributed by atoms with E-state index in [2.05, 4.69) is 4.90 Å². The number of morpholine rings is 1. The number of benzene rings is 1. The van der Waals surface area contributed by atoms with Crippen LogP contribution in [0.2, 0.25) is 0 Å². The lowest BCUT2D eigenvalue weighted by molar-refractivity contribution is 0.00356. The molecule has 0 amide bonds. The Hall–Kier alpha value is -1.46. The van der Waals surface area contributed by atoms with Gasteiger partial charge in [0.1, 0.15) is 5.75 Å². The Labute approximate surface area is 101 Å². The molecule has 5 nitrogen and oxygen atoms in total. The third-order valence-corrected chi connectivity index (χ3v) is 2.92. The van der Waals surface area contributed by atoms with Gasteiger partial charge in [0.25, 0.3) is 0 Å². The first-order chi connectivity index (χ1) is 8.24. The van der Waals surface area contributed by atoms with Crippen LogP contribution in [0.1, 0.15) is 0 Å². The smallest absolute Gasteiger partial charge is 0.143 e. The summed E-state index contributed by atoms with van der Waals surface area (Å²) >= 11 is 0. The van der Waals surface area contributed by atoms with Gasteiger partial charge in [-0.3, -0.25) is 0 Å². The van der Waals surface area contributed by atoms with E-state index >= 15 is 0 Å². The molecular weight excluding hydrogens is 220 g/mol. The van der Waals surface area contributed by atoms with Crippen molar-refractivity contribution in [3.63, 3.8) is 0 Å². The van der Waals surface area contributed by atoms with Gasteiger partial charge in [-0.1, -0.05) is 0 Å². The van der Waals surface area contributed by atoms with Gasteiger partial charge in [-0.2, -0.15) is 0 Å². The predicted octanol–water partition coefficient (Wildman–Crippen LogP) is 0.475. The predicted molar refractivity (Wildman–Crippen MR) is 66.4 cm³/mol. The lowest BCUT2D eigenvalue weighted by Gasteiger charge is -2.33. The summed E-state index contributed by atoms with van der Waals surface area (Å²) in [6, 6.07) is 5.70. The fourth-order valence-corrected chi connectivity index (χ4v) is 1.96. The second-order valence-corrected chi connectivity index (χ2v) is 4.05. The van der Waals surface area contributed by atoms with Crippen LogP contribution in [0.5, 0.6) is 5.75 Å². The topological polar surface area (TPSA) is 68.0 Å². The van der Waals surface area contributed by atoms with Gasteiger partial charge in [-0.15, -0.1) is 0 Å². The zero-order valence-electron chi connectivity index (χ0n) is 9.93. The molecule has 17 heavy (non-hydrogen) atoms. The third-order valence-electron chi connectivity index (χ3n) is 2.92. The number of aliphatic hydroxyl groups excluding tert-OH is 1. The van der Waals surface area contributed by atoms with Gasteiger partial charge in [0.2, 0.25) is 0 Å². The molecule has 3 N–H and O–H groups in total. The molecule has 94 valence electrons. The van der Waals surface area contributed by atoms with Crippen molar-refractivity contribution < 1.29 is 14.6 Å². The molecule has 0 aliphatic carbocycles. The largest absolute Gasteiger partial charge is 0.495 e. The van der Waals surface area contributed by atoms with Crippen molar-refractivity contribution in [2.75, 3.05) is 44.0 Å². The van der Waals surface area contributed by atoms with E-state index < -0.39 is 0 Å². The molecule has 1 unspecified atom stereocenters. The molecule has 1 aromatic carbocycles. The van der Waals surface area contributed by atoms with Gasteiger partial charge in [-0.25, -0.2) is 0 Å². The molecule has 1 aliphatic heterocycles.